The van der Waals surface area contributed by atoms with Crippen molar-refractivity contribution in [2.24, 2.45) is 0 Å². The summed E-state index contributed by atoms with van der Waals surface area (Å²) in [5, 5.41) is 2.85. The van der Waals surface area contributed by atoms with Gasteiger partial charge in [-0.1, -0.05) is 19.1 Å². The number of carbonyl (C=O) groups excluding carboxylic acids is 2. The lowest BCUT2D eigenvalue weighted by molar-refractivity contribution is -0.139. The Labute approximate surface area is 212 Å². The van der Waals surface area contributed by atoms with Crippen LogP contribution in [0, 0.1) is 5.82 Å². The number of rotatable bonds is 12. The van der Waals surface area contributed by atoms with Crippen molar-refractivity contribution in [3.8, 4) is 11.5 Å². The Morgan fingerprint density at radius 1 is 1.06 bits per heavy atom. The largest absolute Gasteiger partial charge is 0.497 e. The summed E-state index contributed by atoms with van der Waals surface area (Å²) in [7, 11) is -1.13. The number of amides is 2. The van der Waals surface area contributed by atoms with Crippen LogP contribution in [0.25, 0.3) is 0 Å². The van der Waals surface area contributed by atoms with E-state index in [1.54, 1.807) is 13.0 Å². The Hall–Kier alpha value is -3.34. The fourth-order valence-corrected chi connectivity index (χ4v) is 4.27. The van der Waals surface area contributed by atoms with Crippen LogP contribution in [0.4, 0.5) is 10.1 Å². The fourth-order valence-electron chi connectivity index (χ4n) is 3.42. The summed E-state index contributed by atoms with van der Waals surface area (Å²) in [6.45, 7) is 4.71. The molecule has 0 aliphatic heterocycles. The quantitative estimate of drug-likeness (QED) is 0.459. The molecular formula is C25H34FN3O6S. The SMILES string of the molecule is CCC(C)NC(=O)C(C)N(Cc1ccc(F)cc1)C(=O)CN(c1cc(OC)ccc1OC)S(C)(=O)=O. The zero-order chi connectivity index (χ0) is 27.0. The second kappa shape index (κ2) is 12.6. The molecule has 198 valence electrons. The Morgan fingerprint density at radius 3 is 2.22 bits per heavy atom. The van der Waals surface area contributed by atoms with Crippen molar-refractivity contribution < 1.29 is 31.9 Å². The van der Waals surface area contributed by atoms with Crippen molar-refractivity contribution in [2.75, 3.05) is 31.3 Å². The third-order valence-electron chi connectivity index (χ3n) is 5.77. The Kier molecular flexibility index (Phi) is 10.1. The molecule has 2 aromatic rings. The molecule has 0 aromatic heterocycles. The zero-order valence-electron chi connectivity index (χ0n) is 21.4. The molecular weight excluding hydrogens is 489 g/mol. The highest BCUT2D eigenvalue weighted by atomic mass is 32.2. The molecule has 36 heavy (non-hydrogen) atoms. The van der Waals surface area contributed by atoms with E-state index < -0.39 is 34.3 Å². The lowest BCUT2D eigenvalue weighted by Crippen LogP contribution is -2.52. The van der Waals surface area contributed by atoms with Crippen molar-refractivity contribution in [2.45, 2.75) is 45.8 Å². The lowest BCUT2D eigenvalue weighted by Gasteiger charge is -2.32. The first kappa shape index (κ1) is 28.9. The van der Waals surface area contributed by atoms with Crippen molar-refractivity contribution >= 4 is 27.5 Å². The van der Waals surface area contributed by atoms with Gasteiger partial charge in [-0.3, -0.25) is 13.9 Å². The Bertz CT molecular complexity index is 1160. The minimum Gasteiger partial charge on any atom is -0.497 e. The summed E-state index contributed by atoms with van der Waals surface area (Å²) >= 11 is 0. The Morgan fingerprint density at radius 2 is 1.69 bits per heavy atom. The van der Waals surface area contributed by atoms with Gasteiger partial charge in [-0.25, -0.2) is 12.8 Å². The van der Waals surface area contributed by atoms with Gasteiger partial charge in [-0.2, -0.15) is 0 Å². The molecule has 0 fully saturated rings. The minimum absolute atomic E-state index is 0.0267. The highest BCUT2D eigenvalue weighted by Crippen LogP contribution is 2.34. The van der Waals surface area contributed by atoms with E-state index in [-0.39, 0.29) is 29.9 Å². The summed E-state index contributed by atoms with van der Waals surface area (Å²) in [6, 6.07) is 9.08. The van der Waals surface area contributed by atoms with Gasteiger partial charge in [0.1, 0.15) is 29.9 Å². The molecule has 0 radical (unpaired) electrons. The predicted octanol–water partition coefficient (Wildman–Crippen LogP) is 2.94. The average molecular weight is 524 g/mol. The number of hydrogen-bond acceptors (Lipinski definition) is 6. The average Bonchev–Trinajstić information content (AvgIpc) is 2.85. The van der Waals surface area contributed by atoms with Crippen LogP contribution in [0.1, 0.15) is 32.8 Å². The second-order valence-corrected chi connectivity index (χ2v) is 10.4. The van der Waals surface area contributed by atoms with Crippen molar-refractivity contribution in [3.63, 3.8) is 0 Å². The number of halogens is 1. The zero-order valence-corrected chi connectivity index (χ0v) is 22.3. The molecule has 2 atom stereocenters. The maximum absolute atomic E-state index is 13.6. The molecule has 1 N–H and O–H groups in total. The molecule has 9 nitrogen and oxygen atoms in total. The van der Waals surface area contributed by atoms with Crippen LogP contribution < -0.4 is 19.1 Å². The van der Waals surface area contributed by atoms with Crippen molar-refractivity contribution in [1.82, 2.24) is 10.2 Å². The first-order valence-electron chi connectivity index (χ1n) is 11.4. The van der Waals surface area contributed by atoms with Gasteiger partial charge in [-0.15, -0.1) is 0 Å². The number of hydrogen-bond donors (Lipinski definition) is 1. The Balaban J connectivity index is 2.47. The normalized spacial score (nSPS) is 12.9. The van der Waals surface area contributed by atoms with Crippen LogP contribution >= 0.6 is 0 Å². The maximum atomic E-state index is 13.6. The van der Waals surface area contributed by atoms with E-state index in [2.05, 4.69) is 5.32 Å². The van der Waals surface area contributed by atoms with Crippen LogP contribution in [0.15, 0.2) is 42.5 Å². The number of sulfonamides is 1. The summed E-state index contributed by atoms with van der Waals surface area (Å²) < 4.78 is 50.5. The first-order valence-corrected chi connectivity index (χ1v) is 13.3. The number of carbonyl (C=O) groups is 2. The van der Waals surface area contributed by atoms with Crippen molar-refractivity contribution in [1.29, 1.82) is 0 Å². The highest BCUT2D eigenvalue weighted by Gasteiger charge is 2.31. The summed E-state index contributed by atoms with van der Waals surface area (Å²) in [5.41, 5.74) is 0.698. The molecule has 11 heteroatoms. The van der Waals surface area contributed by atoms with E-state index in [0.29, 0.717) is 17.7 Å². The maximum Gasteiger partial charge on any atom is 0.244 e. The van der Waals surface area contributed by atoms with E-state index in [1.165, 1.54) is 55.5 Å². The van der Waals surface area contributed by atoms with Gasteiger partial charge in [0.15, 0.2) is 0 Å². The summed E-state index contributed by atoms with van der Waals surface area (Å²) in [6.07, 6.45) is 1.67. The number of nitrogens with zero attached hydrogens (tertiary/aromatic N) is 2. The van der Waals surface area contributed by atoms with E-state index in [4.69, 9.17) is 9.47 Å². The summed E-state index contributed by atoms with van der Waals surface area (Å²) in [4.78, 5) is 27.8. The first-order chi connectivity index (χ1) is 16.9. The van der Waals surface area contributed by atoms with Crippen LogP contribution in [0.2, 0.25) is 0 Å². The number of methoxy groups -OCH3 is 2. The molecule has 0 bridgehead atoms. The number of anilines is 1. The monoisotopic (exact) mass is 523 g/mol. The standard InChI is InChI=1S/C25H34FN3O6S/c1-7-17(2)27-25(31)18(3)28(15-19-8-10-20(26)11-9-19)24(30)16-29(36(6,32)33)22-14-21(34-4)12-13-23(22)35-5/h8-14,17-18H,7,15-16H2,1-6H3,(H,27,31). The number of nitrogens with one attached hydrogen (secondary N) is 1. The van der Waals surface area contributed by atoms with E-state index >= 15 is 0 Å². The number of benzene rings is 2. The molecule has 0 saturated heterocycles. The van der Waals surface area contributed by atoms with Gasteiger partial charge in [-0.05, 0) is 50.1 Å². The van der Waals surface area contributed by atoms with Gasteiger partial charge < -0.3 is 19.7 Å². The van der Waals surface area contributed by atoms with Gasteiger partial charge >= 0.3 is 0 Å². The second-order valence-electron chi connectivity index (χ2n) is 8.45. The molecule has 0 saturated carbocycles. The predicted molar refractivity (Wildman–Crippen MR) is 136 cm³/mol. The van der Waals surface area contributed by atoms with E-state index in [0.717, 1.165) is 10.6 Å². The van der Waals surface area contributed by atoms with Crippen LogP contribution in [-0.2, 0) is 26.2 Å². The molecule has 0 aliphatic carbocycles. The van der Waals surface area contributed by atoms with Crippen molar-refractivity contribution in [3.05, 3.63) is 53.8 Å². The molecule has 2 aromatic carbocycles. The fraction of sp³-hybridized carbons (Fsp3) is 0.440. The highest BCUT2D eigenvalue weighted by molar-refractivity contribution is 7.92. The minimum atomic E-state index is -3.95. The smallest absolute Gasteiger partial charge is 0.244 e. The molecule has 0 heterocycles. The molecule has 2 rings (SSSR count). The van der Waals surface area contributed by atoms with Crippen LogP contribution in [0.3, 0.4) is 0 Å². The number of ether oxygens (including phenoxy) is 2. The van der Waals surface area contributed by atoms with Gasteiger partial charge in [0.25, 0.3) is 0 Å². The molecule has 2 amide bonds. The topological polar surface area (TPSA) is 105 Å². The lowest BCUT2D eigenvalue weighted by atomic mass is 10.1. The van der Waals surface area contributed by atoms with Crippen LogP contribution in [0.5, 0.6) is 11.5 Å². The summed E-state index contributed by atoms with van der Waals surface area (Å²) in [5.74, 6) is -0.850. The van der Waals surface area contributed by atoms with E-state index in [1.807, 2.05) is 13.8 Å². The molecule has 0 aliphatic rings. The van der Waals surface area contributed by atoms with Crippen LogP contribution in [-0.4, -0.2) is 64.2 Å². The van der Waals surface area contributed by atoms with Gasteiger partial charge in [0.2, 0.25) is 21.8 Å². The van der Waals surface area contributed by atoms with Gasteiger partial charge in [0, 0.05) is 18.7 Å². The molecule has 2 unspecified atom stereocenters. The third-order valence-corrected chi connectivity index (χ3v) is 6.89. The third kappa shape index (κ3) is 7.58. The van der Waals surface area contributed by atoms with E-state index in [9.17, 15) is 22.4 Å². The molecule has 0 spiro atoms. The van der Waals surface area contributed by atoms with Gasteiger partial charge in [0.05, 0.1) is 26.2 Å².